The third-order valence-corrected chi connectivity index (χ3v) is 9.24. The van der Waals surface area contributed by atoms with Crippen molar-refractivity contribution >= 4 is 21.6 Å². The maximum Gasteiger partial charge on any atom is 0.253 e. The predicted molar refractivity (Wildman–Crippen MR) is 126 cm³/mol. The van der Waals surface area contributed by atoms with E-state index in [2.05, 4.69) is 36.9 Å². The Morgan fingerprint density at radius 1 is 0.906 bits per heavy atom. The van der Waals surface area contributed by atoms with Crippen LogP contribution >= 0.6 is 0 Å². The van der Waals surface area contributed by atoms with Crippen LogP contribution in [0.25, 0.3) is 0 Å². The van der Waals surface area contributed by atoms with Gasteiger partial charge in [0.25, 0.3) is 5.91 Å². The molecule has 3 fully saturated rings. The highest BCUT2D eigenvalue weighted by molar-refractivity contribution is 7.89. The van der Waals surface area contributed by atoms with E-state index in [0.29, 0.717) is 31.6 Å². The Morgan fingerprint density at radius 3 is 2.16 bits per heavy atom. The highest BCUT2D eigenvalue weighted by Crippen LogP contribution is 2.53. The molecular weight excluding hydrogens is 422 g/mol. The smallest absolute Gasteiger partial charge is 0.253 e. The summed E-state index contributed by atoms with van der Waals surface area (Å²) >= 11 is 0. The predicted octanol–water partition coefficient (Wildman–Crippen LogP) is 3.29. The molecule has 0 bridgehead atoms. The minimum Gasteiger partial charge on any atom is -0.368 e. The number of carbonyl (C=O) groups excluding carboxylic acids is 1. The zero-order valence-electron chi connectivity index (χ0n) is 18.9. The van der Waals surface area contributed by atoms with E-state index in [0.717, 1.165) is 31.5 Å². The summed E-state index contributed by atoms with van der Waals surface area (Å²) in [7, 11) is -3.15. The van der Waals surface area contributed by atoms with Crippen LogP contribution in [0.4, 0.5) is 5.69 Å². The first-order chi connectivity index (χ1) is 15.3. The molecule has 0 N–H and O–H groups in total. The van der Waals surface area contributed by atoms with Gasteiger partial charge in [-0.15, -0.1) is 0 Å². The number of aryl methyl sites for hydroxylation is 2. The van der Waals surface area contributed by atoms with Crippen molar-refractivity contribution in [3.63, 3.8) is 0 Å². The largest absolute Gasteiger partial charge is 0.368 e. The van der Waals surface area contributed by atoms with Crippen LogP contribution in [0, 0.1) is 13.8 Å². The summed E-state index contributed by atoms with van der Waals surface area (Å²) in [4.78, 5) is 17.4. The van der Waals surface area contributed by atoms with Gasteiger partial charge in [-0.25, -0.2) is 8.42 Å². The maximum absolute atomic E-state index is 13.1. The van der Waals surface area contributed by atoms with E-state index in [1.165, 1.54) is 16.8 Å². The van der Waals surface area contributed by atoms with Gasteiger partial charge in [-0.2, -0.15) is 4.31 Å². The van der Waals surface area contributed by atoms with Gasteiger partial charge >= 0.3 is 0 Å². The first kappa shape index (κ1) is 21.5. The van der Waals surface area contributed by atoms with E-state index in [-0.39, 0.29) is 17.2 Å². The lowest BCUT2D eigenvalue weighted by atomic mass is 10.0. The summed E-state index contributed by atoms with van der Waals surface area (Å²) in [6, 6.07) is 14.2. The number of sulfonamides is 1. The highest BCUT2D eigenvalue weighted by atomic mass is 32.2. The van der Waals surface area contributed by atoms with Crippen LogP contribution in [0.5, 0.6) is 0 Å². The molecule has 0 unspecified atom stereocenters. The fourth-order valence-electron chi connectivity index (χ4n) is 5.34. The van der Waals surface area contributed by atoms with Crippen molar-refractivity contribution in [2.45, 2.75) is 38.6 Å². The van der Waals surface area contributed by atoms with Crippen LogP contribution in [0.3, 0.4) is 0 Å². The second-order valence-electron chi connectivity index (χ2n) is 9.42. The SMILES string of the molecule is Cc1ccc(N2CCN(C(=O)c3ccc(C4(N5CCCS5(=O)=O)CC4)cc3)CC2)c(C)c1. The summed E-state index contributed by atoms with van der Waals surface area (Å²) in [5, 5.41) is 0. The second kappa shape index (κ2) is 7.89. The summed E-state index contributed by atoms with van der Waals surface area (Å²) in [6.45, 7) is 7.89. The van der Waals surface area contributed by atoms with Crippen LogP contribution in [0.15, 0.2) is 42.5 Å². The first-order valence-corrected chi connectivity index (χ1v) is 13.1. The van der Waals surface area contributed by atoms with E-state index in [1.54, 1.807) is 4.31 Å². The molecule has 3 aliphatic rings. The van der Waals surface area contributed by atoms with Gasteiger partial charge in [0.15, 0.2) is 0 Å². The van der Waals surface area contributed by atoms with Crippen molar-refractivity contribution < 1.29 is 13.2 Å². The van der Waals surface area contributed by atoms with Crippen LogP contribution < -0.4 is 4.90 Å². The van der Waals surface area contributed by atoms with Gasteiger partial charge in [-0.05, 0) is 62.4 Å². The quantitative estimate of drug-likeness (QED) is 0.713. The highest BCUT2D eigenvalue weighted by Gasteiger charge is 2.55. The summed E-state index contributed by atoms with van der Waals surface area (Å²) in [6.07, 6.45) is 2.43. The zero-order chi connectivity index (χ0) is 22.5. The van der Waals surface area contributed by atoms with E-state index in [9.17, 15) is 13.2 Å². The molecule has 1 aliphatic carbocycles. The van der Waals surface area contributed by atoms with Gasteiger partial charge in [-0.3, -0.25) is 4.79 Å². The average molecular weight is 454 g/mol. The van der Waals surface area contributed by atoms with Gasteiger partial charge in [-0.1, -0.05) is 29.8 Å². The van der Waals surface area contributed by atoms with Gasteiger partial charge in [0.1, 0.15) is 0 Å². The third kappa shape index (κ3) is 3.71. The van der Waals surface area contributed by atoms with Crippen LogP contribution in [-0.2, 0) is 15.6 Å². The standard InChI is InChI=1S/C25H31N3O3S/c1-19-4-9-23(20(2)18-19)26-13-15-27(16-14-26)24(29)21-5-7-22(8-6-21)25(10-11-25)28-12-3-17-32(28,30)31/h4-9,18H,3,10-17H2,1-2H3. The van der Waals surface area contributed by atoms with Crippen molar-refractivity contribution in [2.75, 3.05) is 43.4 Å². The molecule has 0 radical (unpaired) electrons. The number of hydrogen-bond donors (Lipinski definition) is 0. The second-order valence-corrected chi connectivity index (χ2v) is 11.4. The molecule has 1 amide bonds. The van der Waals surface area contributed by atoms with Gasteiger partial charge in [0.05, 0.1) is 11.3 Å². The molecule has 2 aliphatic heterocycles. The van der Waals surface area contributed by atoms with Crippen LogP contribution in [0.2, 0.25) is 0 Å². The fraction of sp³-hybridized carbons (Fsp3) is 0.480. The van der Waals surface area contributed by atoms with Crippen molar-refractivity contribution in [1.82, 2.24) is 9.21 Å². The van der Waals surface area contributed by atoms with Gasteiger partial charge < -0.3 is 9.80 Å². The molecule has 7 heteroatoms. The van der Waals surface area contributed by atoms with E-state index in [4.69, 9.17) is 0 Å². The van der Waals surface area contributed by atoms with Gasteiger partial charge in [0.2, 0.25) is 10.0 Å². The normalized spacial score (nSPS) is 22.2. The number of anilines is 1. The van der Waals surface area contributed by atoms with E-state index < -0.39 is 10.0 Å². The lowest BCUT2D eigenvalue weighted by Crippen LogP contribution is -2.49. The molecule has 0 spiro atoms. The Bertz CT molecular complexity index is 1130. The lowest BCUT2D eigenvalue weighted by Gasteiger charge is -2.37. The Balaban J connectivity index is 1.25. The topological polar surface area (TPSA) is 60.9 Å². The Kier molecular flexibility index (Phi) is 5.29. The van der Waals surface area contributed by atoms with E-state index >= 15 is 0 Å². The van der Waals surface area contributed by atoms with Crippen molar-refractivity contribution in [3.05, 3.63) is 64.7 Å². The van der Waals surface area contributed by atoms with E-state index in [1.807, 2.05) is 29.2 Å². The number of piperazine rings is 1. The molecule has 170 valence electrons. The minimum absolute atomic E-state index is 0.0514. The van der Waals surface area contributed by atoms with Crippen molar-refractivity contribution in [1.29, 1.82) is 0 Å². The molecular formula is C25H31N3O3S. The summed E-state index contributed by atoms with van der Waals surface area (Å²) in [5.41, 5.74) is 5.09. The van der Waals surface area contributed by atoms with Gasteiger partial charge in [0, 0.05) is 44.0 Å². The Morgan fingerprint density at radius 2 is 1.59 bits per heavy atom. The summed E-state index contributed by atoms with van der Waals surface area (Å²) in [5.74, 6) is 0.301. The van der Waals surface area contributed by atoms with Crippen LogP contribution in [-0.4, -0.2) is 62.0 Å². The molecule has 2 aromatic carbocycles. The number of hydrogen-bond acceptors (Lipinski definition) is 4. The van der Waals surface area contributed by atoms with Crippen molar-refractivity contribution in [2.24, 2.45) is 0 Å². The zero-order valence-corrected chi connectivity index (χ0v) is 19.7. The molecule has 32 heavy (non-hydrogen) atoms. The Labute approximate surface area is 190 Å². The minimum atomic E-state index is -3.15. The molecule has 0 atom stereocenters. The number of amides is 1. The maximum atomic E-state index is 13.1. The first-order valence-electron chi connectivity index (χ1n) is 11.5. The van der Waals surface area contributed by atoms with Crippen molar-refractivity contribution in [3.8, 4) is 0 Å². The molecule has 2 aromatic rings. The number of carbonyl (C=O) groups is 1. The number of nitrogens with zero attached hydrogens (tertiary/aromatic N) is 3. The molecule has 2 heterocycles. The molecule has 2 saturated heterocycles. The van der Waals surface area contributed by atoms with Crippen LogP contribution in [0.1, 0.15) is 46.3 Å². The number of benzene rings is 2. The molecule has 6 nitrogen and oxygen atoms in total. The molecule has 0 aromatic heterocycles. The Hall–Kier alpha value is -2.38. The number of rotatable bonds is 4. The monoisotopic (exact) mass is 453 g/mol. The third-order valence-electron chi connectivity index (χ3n) is 7.23. The lowest BCUT2D eigenvalue weighted by molar-refractivity contribution is 0.0746. The fourth-order valence-corrected chi connectivity index (χ4v) is 7.28. The average Bonchev–Trinajstić information content (AvgIpc) is 3.50. The molecule has 5 rings (SSSR count). The summed E-state index contributed by atoms with van der Waals surface area (Å²) < 4.78 is 26.6. The molecule has 1 saturated carbocycles.